The quantitative estimate of drug-likeness (QED) is 0.259. The number of aryl methyl sites for hydroxylation is 1. The first-order valence-corrected chi connectivity index (χ1v) is 11.6. The third-order valence-electron chi connectivity index (χ3n) is 6.98. The van der Waals surface area contributed by atoms with Crippen LogP contribution in [-0.4, -0.2) is 38.5 Å². The summed E-state index contributed by atoms with van der Waals surface area (Å²) >= 11 is 0. The van der Waals surface area contributed by atoms with Gasteiger partial charge < -0.3 is 10.3 Å². The van der Waals surface area contributed by atoms with E-state index in [1.807, 2.05) is 42.7 Å². The van der Waals surface area contributed by atoms with Crippen LogP contribution in [0.15, 0.2) is 54.9 Å². The third-order valence-corrected chi connectivity index (χ3v) is 6.98. The SMILES string of the molecule is Cc1cc(C(CNC(=O)c2ccc3[nH]cnc3c2)C2CCCC2C(=O)NO)c2ccccc2n1. The van der Waals surface area contributed by atoms with E-state index in [4.69, 9.17) is 0 Å². The van der Waals surface area contributed by atoms with Crippen molar-refractivity contribution in [1.29, 1.82) is 0 Å². The van der Waals surface area contributed by atoms with Crippen molar-refractivity contribution in [2.45, 2.75) is 32.1 Å². The zero-order valence-corrected chi connectivity index (χ0v) is 18.9. The second-order valence-electron chi connectivity index (χ2n) is 9.00. The summed E-state index contributed by atoms with van der Waals surface area (Å²) < 4.78 is 0. The first-order valence-electron chi connectivity index (χ1n) is 11.6. The molecule has 34 heavy (non-hydrogen) atoms. The van der Waals surface area contributed by atoms with Crippen molar-refractivity contribution in [2.24, 2.45) is 11.8 Å². The van der Waals surface area contributed by atoms with E-state index < -0.39 is 0 Å². The van der Waals surface area contributed by atoms with Gasteiger partial charge in [0, 0.05) is 35.0 Å². The van der Waals surface area contributed by atoms with Gasteiger partial charge >= 0.3 is 0 Å². The molecule has 174 valence electrons. The highest BCUT2D eigenvalue weighted by atomic mass is 16.5. The molecule has 0 bridgehead atoms. The molecule has 1 aliphatic rings. The van der Waals surface area contributed by atoms with Crippen LogP contribution >= 0.6 is 0 Å². The summed E-state index contributed by atoms with van der Waals surface area (Å²) in [4.78, 5) is 37.5. The standard InChI is InChI=1S/C26H27N5O3/c1-15-11-20(18-5-2-3-8-22(18)30-15)21(17-6-4-7-19(17)26(33)31-34)13-27-25(32)16-9-10-23-24(12-16)29-14-28-23/h2-3,5,8-12,14,17,19,21,34H,4,6-7,13H2,1H3,(H,27,32)(H,28,29)(H,31,33). The van der Waals surface area contributed by atoms with E-state index in [9.17, 15) is 14.8 Å². The van der Waals surface area contributed by atoms with E-state index in [0.29, 0.717) is 18.5 Å². The molecule has 0 radical (unpaired) electrons. The topological polar surface area (TPSA) is 120 Å². The Labute approximate surface area is 196 Å². The van der Waals surface area contributed by atoms with Gasteiger partial charge in [-0.1, -0.05) is 24.6 Å². The number of hydroxylamine groups is 1. The molecule has 0 spiro atoms. The van der Waals surface area contributed by atoms with Crippen LogP contribution in [0.4, 0.5) is 0 Å². The average molecular weight is 458 g/mol. The molecule has 2 heterocycles. The maximum Gasteiger partial charge on any atom is 0.251 e. The van der Waals surface area contributed by atoms with Crippen molar-refractivity contribution in [2.75, 3.05) is 6.54 Å². The van der Waals surface area contributed by atoms with Gasteiger partial charge in [0.2, 0.25) is 5.91 Å². The van der Waals surface area contributed by atoms with E-state index in [1.165, 1.54) is 0 Å². The number of nitrogens with zero attached hydrogens (tertiary/aromatic N) is 2. The van der Waals surface area contributed by atoms with Gasteiger partial charge in [-0.25, -0.2) is 10.5 Å². The Bertz CT molecular complexity index is 1370. The minimum atomic E-state index is -0.363. The van der Waals surface area contributed by atoms with Gasteiger partial charge in [-0.05, 0) is 61.6 Å². The summed E-state index contributed by atoms with van der Waals surface area (Å²) in [6.07, 6.45) is 4.05. The Kier molecular flexibility index (Phi) is 5.98. The molecule has 1 aliphatic carbocycles. The number of carbonyl (C=O) groups excluding carboxylic acids is 2. The maximum absolute atomic E-state index is 13.1. The molecule has 3 unspecified atom stereocenters. The minimum absolute atomic E-state index is 0.0218. The number of H-pyrrole nitrogens is 1. The number of rotatable bonds is 6. The molecule has 8 heteroatoms. The zero-order chi connectivity index (χ0) is 23.7. The van der Waals surface area contributed by atoms with Gasteiger partial charge in [-0.15, -0.1) is 0 Å². The van der Waals surface area contributed by atoms with E-state index in [2.05, 4.69) is 26.3 Å². The lowest BCUT2D eigenvalue weighted by atomic mass is 9.78. The Hall–Kier alpha value is -3.78. The molecule has 4 aromatic rings. The maximum atomic E-state index is 13.1. The summed E-state index contributed by atoms with van der Waals surface area (Å²) in [5, 5.41) is 13.4. The highest BCUT2D eigenvalue weighted by Gasteiger charge is 2.39. The molecule has 3 atom stereocenters. The van der Waals surface area contributed by atoms with Crippen LogP contribution in [0.25, 0.3) is 21.9 Å². The molecule has 2 aromatic heterocycles. The smallest absolute Gasteiger partial charge is 0.251 e. The lowest BCUT2D eigenvalue weighted by molar-refractivity contribution is -0.134. The molecule has 4 N–H and O–H groups in total. The molecular weight excluding hydrogens is 430 g/mol. The van der Waals surface area contributed by atoms with Crippen molar-refractivity contribution in [3.8, 4) is 0 Å². The number of benzene rings is 2. The number of hydrogen-bond donors (Lipinski definition) is 4. The number of carbonyl (C=O) groups is 2. The number of aromatic nitrogens is 3. The van der Waals surface area contributed by atoms with Crippen molar-refractivity contribution in [3.63, 3.8) is 0 Å². The summed E-state index contributed by atoms with van der Waals surface area (Å²) in [5.74, 6) is -1.01. The molecule has 1 fully saturated rings. The predicted molar refractivity (Wildman–Crippen MR) is 128 cm³/mol. The van der Waals surface area contributed by atoms with Crippen molar-refractivity contribution < 1.29 is 14.8 Å². The molecule has 0 aliphatic heterocycles. The fourth-order valence-corrected chi connectivity index (χ4v) is 5.40. The van der Waals surface area contributed by atoms with Crippen LogP contribution in [-0.2, 0) is 4.79 Å². The summed E-state index contributed by atoms with van der Waals surface area (Å²) in [6.45, 7) is 2.32. The third kappa shape index (κ3) is 4.12. The second kappa shape index (κ2) is 9.23. The normalized spacial score (nSPS) is 18.8. The van der Waals surface area contributed by atoms with Crippen LogP contribution in [0.5, 0.6) is 0 Å². The first kappa shape index (κ1) is 22.0. The van der Waals surface area contributed by atoms with Gasteiger partial charge in [-0.2, -0.15) is 0 Å². The highest BCUT2D eigenvalue weighted by molar-refractivity contribution is 5.97. The van der Waals surface area contributed by atoms with E-state index in [1.54, 1.807) is 18.5 Å². The number of para-hydroxylation sites is 1. The monoisotopic (exact) mass is 457 g/mol. The highest BCUT2D eigenvalue weighted by Crippen LogP contribution is 2.43. The van der Waals surface area contributed by atoms with Crippen molar-refractivity contribution >= 4 is 33.8 Å². The Morgan fingerprint density at radius 1 is 1.15 bits per heavy atom. The zero-order valence-electron chi connectivity index (χ0n) is 18.9. The molecule has 5 rings (SSSR count). The fraction of sp³-hybridized carbons (Fsp3) is 0.308. The number of nitrogens with one attached hydrogen (secondary N) is 3. The minimum Gasteiger partial charge on any atom is -0.351 e. The lowest BCUT2D eigenvalue weighted by Gasteiger charge is -2.29. The number of fused-ring (bicyclic) bond motifs is 2. The molecule has 8 nitrogen and oxygen atoms in total. The van der Waals surface area contributed by atoms with Gasteiger partial charge in [-0.3, -0.25) is 19.8 Å². The van der Waals surface area contributed by atoms with Gasteiger partial charge in [0.15, 0.2) is 0 Å². The largest absolute Gasteiger partial charge is 0.351 e. The van der Waals surface area contributed by atoms with Gasteiger partial charge in [0.25, 0.3) is 5.91 Å². The number of pyridine rings is 1. The fourth-order valence-electron chi connectivity index (χ4n) is 5.40. The molecule has 1 saturated carbocycles. The van der Waals surface area contributed by atoms with E-state index in [-0.39, 0.29) is 29.6 Å². The second-order valence-corrected chi connectivity index (χ2v) is 9.00. The lowest BCUT2D eigenvalue weighted by Crippen LogP contribution is -2.37. The average Bonchev–Trinajstić information content (AvgIpc) is 3.52. The van der Waals surface area contributed by atoms with Crippen LogP contribution in [0.2, 0.25) is 0 Å². The van der Waals surface area contributed by atoms with E-state index in [0.717, 1.165) is 46.0 Å². The van der Waals surface area contributed by atoms with Gasteiger partial charge in [0.05, 0.1) is 22.9 Å². The van der Waals surface area contributed by atoms with E-state index >= 15 is 0 Å². The van der Waals surface area contributed by atoms with Crippen LogP contribution in [0.3, 0.4) is 0 Å². The number of aromatic amines is 1. The summed E-state index contributed by atoms with van der Waals surface area (Å²) in [7, 11) is 0. The first-order chi connectivity index (χ1) is 16.5. The predicted octanol–water partition coefficient (Wildman–Crippen LogP) is 3.85. The molecule has 2 amide bonds. The van der Waals surface area contributed by atoms with Crippen LogP contribution in [0, 0.1) is 18.8 Å². The summed E-state index contributed by atoms with van der Waals surface area (Å²) in [5.41, 5.74) is 6.82. The number of amides is 2. The molecule has 0 saturated heterocycles. The summed E-state index contributed by atoms with van der Waals surface area (Å²) in [6, 6.07) is 15.4. The molecular formula is C26H27N5O3. The number of hydrogen-bond acceptors (Lipinski definition) is 5. The number of imidazole rings is 1. The molecule has 2 aromatic carbocycles. The van der Waals surface area contributed by atoms with Crippen LogP contribution < -0.4 is 10.8 Å². The van der Waals surface area contributed by atoms with Gasteiger partial charge in [0.1, 0.15) is 0 Å². The Morgan fingerprint density at radius 3 is 2.85 bits per heavy atom. The van der Waals surface area contributed by atoms with Crippen molar-refractivity contribution in [3.05, 3.63) is 71.7 Å². The van der Waals surface area contributed by atoms with Crippen molar-refractivity contribution in [1.82, 2.24) is 25.7 Å². The Balaban J connectivity index is 1.49. The Morgan fingerprint density at radius 2 is 2.00 bits per heavy atom. The van der Waals surface area contributed by atoms with Crippen LogP contribution in [0.1, 0.15) is 46.8 Å².